The molecule has 0 bridgehead atoms. The van der Waals surface area contributed by atoms with Crippen molar-refractivity contribution in [2.75, 3.05) is 6.54 Å². The average Bonchev–Trinajstić information content (AvgIpc) is 3.32. The van der Waals surface area contributed by atoms with Gasteiger partial charge in [-0.15, -0.1) is 0 Å². The first kappa shape index (κ1) is 21.0. The maximum atomic E-state index is 12.9. The summed E-state index contributed by atoms with van der Waals surface area (Å²) in [5.74, 6) is -0.273. The first-order valence-corrected chi connectivity index (χ1v) is 10.6. The third-order valence-corrected chi connectivity index (χ3v) is 6.41. The molecule has 164 valence electrons. The van der Waals surface area contributed by atoms with Crippen LogP contribution in [0.3, 0.4) is 0 Å². The molecule has 2 aromatic carbocycles. The summed E-state index contributed by atoms with van der Waals surface area (Å²) in [5.41, 5.74) is 2.22. The Labute approximate surface area is 191 Å². The molecule has 0 N–H and O–H groups in total. The number of carbonyl (C=O) groups is 1. The summed E-state index contributed by atoms with van der Waals surface area (Å²) in [4.78, 5) is 18.7. The van der Waals surface area contributed by atoms with Crippen molar-refractivity contribution in [1.29, 1.82) is 0 Å². The highest BCUT2D eigenvalue weighted by molar-refractivity contribution is 6.36. The van der Waals surface area contributed by atoms with Crippen LogP contribution >= 0.6 is 23.2 Å². The SMILES string of the molecule is O=C1CC(c2ccc(OC(F)F)c3oc4ccncc4c23)CN1Cc1c(Cl)cccc1Cl. The van der Waals surface area contributed by atoms with Gasteiger partial charge in [0.05, 0.1) is 0 Å². The van der Waals surface area contributed by atoms with Crippen LogP contribution in [0.25, 0.3) is 21.9 Å². The fourth-order valence-electron chi connectivity index (χ4n) is 4.26. The van der Waals surface area contributed by atoms with Crippen molar-refractivity contribution in [1.82, 2.24) is 9.88 Å². The van der Waals surface area contributed by atoms with Crippen LogP contribution in [0.4, 0.5) is 8.78 Å². The monoisotopic (exact) mass is 476 g/mol. The number of benzene rings is 2. The van der Waals surface area contributed by atoms with Crippen molar-refractivity contribution in [2.45, 2.75) is 25.5 Å². The minimum atomic E-state index is -2.99. The number of halogens is 4. The van der Waals surface area contributed by atoms with Gasteiger partial charge in [-0.05, 0) is 29.8 Å². The fourth-order valence-corrected chi connectivity index (χ4v) is 4.78. The number of hydrogen-bond acceptors (Lipinski definition) is 4. The second kappa shape index (κ2) is 8.22. The smallest absolute Gasteiger partial charge is 0.387 e. The Balaban J connectivity index is 1.54. The molecule has 4 aromatic rings. The van der Waals surface area contributed by atoms with Crippen molar-refractivity contribution in [3.8, 4) is 5.75 Å². The quantitative estimate of drug-likeness (QED) is 0.334. The number of fused-ring (bicyclic) bond motifs is 3. The Morgan fingerprint density at radius 1 is 1.19 bits per heavy atom. The van der Waals surface area contributed by atoms with E-state index in [4.69, 9.17) is 27.6 Å². The summed E-state index contributed by atoms with van der Waals surface area (Å²) in [6.07, 6.45) is 3.44. The molecule has 0 saturated carbocycles. The molecule has 1 atom stereocenters. The average molecular weight is 477 g/mol. The molecule has 0 spiro atoms. The minimum Gasteiger partial charge on any atom is -0.452 e. The number of furan rings is 1. The molecule has 5 nitrogen and oxygen atoms in total. The molecule has 1 aliphatic rings. The summed E-state index contributed by atoms with van der Waals surface area (Å²) in [6.45, 7) is -2.27. The Morgan fingerprint density at radius 3 is 2.72 bits per heavy atom. The third kappa shape index (κ3) is 3.65. The highest BCUT2D eigenvalue weighted by atomic mass is 35.5. The van der Waals surface area contributed by atoms with Crippen LogP contribution in [-0.4, -0.2) is 28.9 Å². The van der Waals surface area contributed by atoms with E-state index in [0.29, 0.717) is 38.5 Å². The lowest BCUT2D eigenvalue weighted by Crippen LogP contribution is -2.24. The van der Waals surface area contributed by atoms with E-state index in [1.165, 1.54) is 6.07 Å². The van der Waals surface area contributed by atoms with E-state index in [-0.39, 0.29) is 36.1 Å². The lowest BCUT2D eigenvalue weighted by molar-refractivity contribution is -0.128. The van der Waals surface area contributed by atoms with E-state index in [1.54, 1.807) is 47.6 Å². The van der Waals surface area contributed by atoms with E-state index >= 15 is 0 Å². The van der Waals surface area contributed by atoms with E-state index in [0.717, 1.165) is 5.56 Å². The number of ether oxygens (including phenoxy) is 1. The molecule has 0 radical (unpaired) electrons. The van der Waals surface area contributed by atoms with Crippen molar-refractivity contribution >= 4 is 51.0 Å². The zero-order chi connectivity index (χ0) is 22.4. The van der Waals surface area contributed by atoms with Gasteiger partial charge in [-0.25, -0.2) is 0 Å². The van der Waals surface area contributed by atoms with E-state index in [9.17, 15) is 13.6 Å². The van der Waals surface area contributed by atoms with E-state index < -0.39 is 6.61 Å². The van der Waals surface area contributed by atoms with Crippen molar-refractivity contribution < 1.29 is 22.7 Å². The van der Waals surface area contributed by atoms with Gasteiger partial charge >= 0.3 is 6.61 Å². The Kier molecular flexibility index (Phi) is 5.39. The van der Waals surface area contributed by atoms with Crippen molar-refractivity contribution in [3.05, 3.63) is 70.0 Å². The van der Waals surface area contributed by atoms with Gasteiger partial charge in [0.15, 0.2) is 11.3 Å². The first-order chi connectivity index (χ1) is 15.4. The number of alkyl halides is 2. The molecule has 32 heavy (non-hydrogen) atoms. The molecule has 0 aliphatic carbocycles. The van der Waals surface area contributed by atoms with Gasteiger partial charge in [0.25, 0.3) is 0 Å². The second-order valence-corrected chi connectivity index (χ2v) is 8.40. The second-order valence-electron chi connectivity index (χ2n) is 7.58. The molecular formula is C23H16Cl2F2N2O3. The molecule has 2 aromatic heterocycles. The lowest BCUT2D eigenvalue weighted by atomic mass is 9.93. The fraction of sp³-hybridized carbons (Fsp3) is 0.217. The Bertz CT molecular complexity index is 1320. The van der Waals surface area contributed by atoms with Crippen molar-refractivity contribution in [2.24, 2.45) is 0 Å². The minimum absolute atomic E-state index is 0.0435. The van der Waals surface area contributed by atoms with E-state index in [2.05, 4.69) is 9.72 Å². The van der Waals surface area contributed by atoms with Gasteiger partial charge in [-0.3, -0.25) is 9.78 Å². The molecule has 5 rings (SSSR count). The number of carbonyl (C=O) groups excluding carboxylic acids is 1. The molecular weight excluding hydrogens is 461 g/mol. The van der Waals surface area contributed by atoms with Crippen LogP contribution in [0.15, 0.2) is 53.2 Å². The number of nitrogens with zero attached hydrogens (tertiary/aromatic N) is 2. The van der Waals surface area contributed by atoms with Gasteiger partial charge in [0.1, 0.15) is 5.58 Å². The van der Waals surface area contributed by atoms with Gasteiger partial charge in [-0.2, -0.15) is 8.78 Å². The summed E-state index contributed by atoms with van der Waals surface area (Å²) in [6, 6.07) is 10.0. The van der Waals surface area contributed by atoms with Crippen LogP contribution in [0.1, 0.15) is 23.5 Å². The molecule has 1 amide bonds. The number of amides is 1. The highest BCUT2D eigenvalue weighted by Gasteiger charge is 2.33. The predicted octanol–water partition coefficient (Wildman–Crippen LogP) is 6.41. The zero-order valence-electron chi connectivity index (χ0n) is 16.5. The molecule has 1 aliphatic heterocycles. The topological polar surface area (TPSA) is 55.6 Å². The number of rotatable bonds is 5. The zero-order valence-corrected chi connectivity index (χ0v) is 18.0. The summed E-state index contributed by atoms with van der Waals surface area (Å²) in [5, 5.41) is 2.30. The summed E-state index contributed by atoms with van der Waals surface area (Å²) >= 11 is 12.6. The van der Waals surface area contributed by atoms with Gasteiger partial charge in [-0.1, -0.05) is 35.3 Å². The first-order valence-electron chi connectivity index (χ1n) is 9.87. The van der Waals surface area contributed by atoms with Gasteiger partial charge in [0.2, 0.25) is 5.91 Å². The van der Waals surface area contributed by atoms with Crippen molar-refractivity contribution in [3.63, 3.8) is 0 Å². The highest BCUT2D eigenvalue weighted by Crippen LogP contribution is 2.42. The molecule has 1 saturated heterocycles. The molecule has 3 heterocycles. The van der Waals surface area contributed by atoms with Gasteiger partial charge in [0, 0.05) is 64.2 Å². The molecule has 9 heteroatoms. The maximum Gasteiger partial charge on any atom is 0.387 e. The lowest BCUT2D eigenvalue weighted by Gasteiger charge is -2.19. The van der Waals surface area contributed by atoms with Crippen LogP contribution in [0.2, 0.25) is 10.0 Å². The third-order valence-electron chi connectivity index (χ3n) is 5.70. The summed E-state index contributed by atoms with van der Waals surface area (Å²) in [7, 11) is 0. The van der Waals surface area contributed by atoms with Crippen LogP contribution in [-0.2, 0) is 11.3 Å². The largest absolute Gasteiger partial charge is 0.452 e. The summed E-state index contributed by atoms with van der Waals surface area (Å²) < 4.78 is 36.4. The standard InChI is InChI=1S/C23H16Cl2F2N2O3/c24-16-2-1-3-17(25)15(16)11-29-10-12(8-20(29)30)13-4-5-19(32-23(26)27)22-21(13)14-9-28-7-6-18(14)31-22/h1-7,9,12,23H,8,10-11H2. The van der Waals surface area contributed by atoms with Crippen LogP contribution < -0.4 is 4.74 Å². The molecule has 1 fully saturated rings. The van der Waals surface area contributed by atoms with E-state index in [1.807, 2.05) is 0 Å². The normalized spacial score (nSPS) is 16.6. The van der Waals surface area contributed by atoms with Crippen LogP contribution in [0, 0.1) is 0 Å². The number of hydrogen-bond donors (Lipinski definition) is 0. The Hall–Kier alpha value is -2.90. The van der Waals surface area contributed by atoms with Crippen LogP contribution in [0.5, 0.6) is 5.75 Å². The number of aromatic nitrogens is 1. The number of pyridine rings is 1. The molecule has 1 unspecified atom stereocenters. The van der Waals surface area contributed by atoms with Gasteiger partial charge < -0.3 is 14.1 Å². The number of likely N-dealkylation sites (tertiary alicyclic amines) is 1. The predicted molar refractivity (Wildman–Crippen MR) is 117 cm³/mol. The maximum absolute atomic E-state index is 12.9. The Morgan fingerprint density at radius 2 is 1.97 bits per heavy atom.